The van der Waals surface area contributed by atoms with Gasteiger partial charge < -0.3 is 14.2 Å². The Balaban J connectivity index is 2.39. The van der Waals surface area contributed by atoms with Crippen LogP contribution in [0.1, 0.15) is 0 Å². The van der Waals surface area contributed by atoms with Crippen LogP contribution in [0.3, 0.4) is 0 Å². The van der Waals surface area contributed by atoms with Gasteiger partial charge in [0.05, 0.1) is 19.6 Å². The third-order valence-corrected chi connectivity index (χ3v) is 3.80. The van der Waals surface area contributed by atoms with Gasteiger partial charge in [0, 0.05) is 27.3 Å². The van der Waals surface area contributed by atoms with Crippen LogP contribution in [0.5, 0.6) is 6.01 Å². The highest BCUT2D eigenvalue weighted by Gasteiger charge is 2.20. The van der Waals surface area contributed by atoms with Gasteiger partial charge in [-0.25, -0.2) is 9.97 Å². The van der Waals surface area contributed by atoms with Gasteiger partial charge in [0.25, 0.3) is 10.0 Å². The van der Waals surface area contributed by atoms with Gasteiger partial charge in [-0.05, 0) is 0 Å². The van der Waals surface area contributed by atoms with Crippen LogP contribution in [0.15, 0.2) is 23.7 Å². The Bertz CT molecular complexity index is 740. The number of rotatable bonds is 5. The lowest BCUT2D eigenvalue weighted by Crippen LogP contribution is -2.19. The second kappa shape index (κ2) is 5.56. The summed E-state index contributed by atoms with van der Waals surface area (Å²) in [6.45, 7) is 0. The van der Waals surface area contributed by atoms with E-state index in [9.17, 15) is 8.42 Å². The molecule has 9 nitrogen and oxygen atoms in total. The van der Waals surface area contributed by atoms with E-state index in [1.165, 1.54) is 25.8 Å². The Kier molecular flexibility index (Phi) is 3.98. The van der Waals surface area contributed by atoms with Crippen molar-refractivity contribution >= 4 is 21.5 Å². The highest BCUT2D eigenvalue weighted by molar-refractivity contribution is 7.92. The molecule has 0 bridgehead atoms. The van der Waals surface area contributed by atoms with Crippen LogP contribution in [-0.2, 0) is 17.1 Å². The lowest BCUT2D eigenvalue weighted by Gasteiger charge is -2.16. The number of aromatic nitrogens is 4. The van der Waals surface area contributed by atoms with Crippen molar-refractivity contribution < 1.29 is 13.2 Å². The standard InChI is InChI=1S/C11H16N6O3S/c1-16(2)10-8(5-12-11(14-10)20-4)15-21(18,19)9-6-17(3)7-13-9/h5-7,15H,1-4H3. The number of nitrogens with zero attached hydrogens (tertiary/aromatic N) is 5. The molecule has 0 radical (unpaired) electrons. The molecule has 10 heteroatoms. The Labute approximate surface area is 122 Å². The average molecular weight is 312 g/mol. The minimum atomic E-state index is -3.80. The molecule has 0 aliphatic heterocycles. The van der Waals surface area contributed by atoms with Crippen LogP contribution >= 0.6 is 0 Å². The normalized spacial score (nSPS) is 11.2. The fourth-order valence-corrected chi connectivity index (χ4v) is 2.62. The Hall–Kier alpha value is -2.36. The summed E-state index contributed by atoms with van der Waals surface area (Å²) >= 11 is 0. The van der Waals surface area contributed by atoms with Crippen molar-refractivity contribution in [1.29, 1.82) is 0 Å². The van der Waals surface area contributed by atoms with Crippen molar-refractivity contribution in [1.82, 2.24) is 19.5 Å². The van der Waals surface area contributed by atoms with E-state index in [0.29, 0.717) is 5.82 Å². The molecule has 0 unspecified atom stereocenters. The van der Waals surface area contributed by atoms with Crippen molar-refractivity contribution in [3.63, 3.8) is 0 Å². The second-order valence-corrected chi connectivity index (χ2v) is 6.10. The number of imidazole rings is 1. The van der Waals surface area contributed by atoms with Crippen LogP contribution in [0, 0.1) is 0 Å². The molecule has 0 aliphatic rings. The third-order valence-electron chi connectivity index (χ3n) is 2.55. The summed E-state index contributed by atoms with van der Waals surface area (Å²) < 4.78 is 33.4. The van der Waals surface area contributed by atoms with Gasteiger partial charge >= 0.3 is 6.01 Å². The number of aryl methyl sites for hydroxylation is 1. The molecule has 2 rings (SSSR count). The van der Waals surface area contributed by atoms with Crippen molar-refractivity contribution in [3.05, 3.63) is 18.7 Å². The zero-order chi connectivity index (χ0) is 15.6. The predicted octanol–water partition coefficient (Wildman–Crippen LogP) is 0.0855. The zero-order valence-electron chi connectivity index (χ0n) is 12.1. The maximum absolute atomic E-state index is 12.3. The SMILES string of the molecule is COc1ncc(NS(=O)(=O)c2cn(C)cn2)c(N(C)C)n1. The number of ether oxygens (including phenoxy) is 1. The van der Waals surface area contributed by atoms with Gasteiger partial charge in [0.15, 0.2) is 10.8 Å². The molecule has 2 aromatic heterocycles. The lowest BCUT2D eigenvalue weighted by atomic mass is 10.4. The van der Waals surface area contributed by atoms with E-state index < -0.39 is 10.0 Å². The van der Waals surface area contributed by atoms with Crippen LogP contribution in [0.4, 0.5) is 11.5 Å². The summed E-state index contributed by atoms with van der Waals surface area (Å²) in [5.41, 5.74) is 0.242. The third kappa shape index (κ3) is 3.21. The smallest absolute Gasteiger partial charge is 0.318 e. The van der Waals surface area contributed by atoms with E-state index in [2.05, 4.69) is 19.7 Å². The van der Waals surface area contributed by atoms with Crippen molar-refractivity contribution in [2.24, 2.45) is 7.05 Å². The summed E-state index contributed by atoms with van der Waals surface area (Å²) in [6.07, 6.45) is 4.16. The van der Waals surface area contributed by atoms with E-state index in [-0.39, 0.29) is 16.7 Å². The van der Waals surface area contributed by atoms with Gasteiger partial charge in [-0.2, -0.15) is 13.4 Å². The second-order valence-electron chi connectivity index (χ2n) is 4.47. The summed E-state index contributed by atoms with van der Waals surface area (Å²) in [7, 11) is 2.80. The largest absolute Gasteiger partial charge is 0.467 e. The average Bonchev–Trinajstić information content (AvgIpc) is 2.86. The molecule has 0 fully saturated rings. The van der Waals surface area contributed by atoms with Crippen LogP contribution in [-0.4, -0.2) is 49.1 Å². The summed E-state index contributed by atoms with van der Waals surface area (Å²) in [5.74, 6) is 0.390. The molecule has 2 aromatic rings. The van der Waals surface area contributed by atoms with Gasteiger partial charge in [-0.3, -0.25) is 4.72 Å². The van der Waals surface area contributed by atoms with Crippen LogP contribution < -0.4 is 14.4 Å². The maximum Gasteiger partial charge on any atom is 0.318 e. The number of hydrogen-bond donors (Lipinski definition) is 1. The quantitative estimate of drug-likeness (QED) is 0.834. The van der Waals surface area contributed by atoms with E-state index in [1.54, 1.807) is 30.6 Å². The van der Waals surface area contributed by atoms with E-state index >= 15 is 0 Å². The first-order valence-electron chi connectivity index (χ1n) is 5.92. The zero-order valence-corrected chi connectivity index (χ0v) is 12.9. The van der Waals surface area contributed by atoms with E-state index in [1.807, 2.05) is 0 Å². The van der Waals surface area contributed by atoms with Crippen molar-refractivity contribution in [2.75, 3.05) is 30.8 Å². The van der Waals surface area contributed by atoms with Gasteiger partial charge in [-0.15, -0.1) is 0 Å². The molecule has 0 amide bonds. The number of methoxy groups -OCH3 is 1. The fourth-order valence-electron chi connectivity index (χ4n) is 1.59. The Morgan fingerprint density at radius 1 is 1.33 bits per heavy atom. The van der Waals surface area contributed by atoms with E-state index in [0.717, 1.165) is 0 Å². The van der Waals surface area contributed by atoms with Crippen molar-refractivity contribution in [2.45, 2.75) is 5.03 Å². The molecule has 2 heterocycles. The molecular weight excluding hydrogens is 296 g/mol. The molecule has 0 saturated carbocycles. The molecule has 0 aliphatic carbocycles. The number of anilines is 2. The molecule has 0 aromatic carbocycles. The summed E-state index contributed by atoms with van der Waals surface area (Å²) in [4.78, 5) is 13.5. The van der Waals surface area contributed by atoms with Crippen LogP contribution in [0.25, 0.3) is 0 Å². The minimum Gasteiger partial charge on any atom is -0.467 e. The number of sulfonamides is 1. The molecule has 0 spiro atoms. The van der Waals surface area contributed by atoms with Crippen LogP contribution in [0.2, 0.25) is 0 Å². The predicted molar refractivity (Wildman–Crippen MR) is 76.9 cm³/mol. The van der Waals surface area contributed by atoms with Gasteiger partial charge in [0.1, 0.15) is 5.69 Å². The molecule has 114 valence electrons. The van der Waals surface area contributed by atoms with Gasteiger partial charge in [-0.1, -0.05) is 0 Å². The first kappa shape index (κ1) is 15.0. The first-order chi connectivity index (χ1) is 9.83. The Morgan fingerprint density at radius 2 is 2.05 bits per heavy atom. The fraction of sp³-hybridized carbons (Fsp3) is 0.364. The van der Waals surface area contributed by atoms with E-state index in [4.69, 9.17) is 4.74 Å². The summed E-state index contributed by atoms with van der Waals surface area (Å²) in [6, 6.07) is 0.152. The van der Waals surface area contributed by atoms with Gasteiger partial charge in [0.2, 0.25) is 0 Å². The topological polar surface area (TPSA) is 102 Å². The molecule has 21 heavy (non-hydrogen) atoms. The molecular formula is C11H16N6O3S. The monoisotopic (exact) mass is 312 g/mol. The number of nitrogens with one attached hydrogen (secondary N) is 1. The number of hydrogen-bond acceptors (Lipinski definition) is 7. The van der Waals surface area contributed by atoms with Crippen molar-refractivity contribution in [3.8, 4) is 6.01 Å². The first-order valence-corrected chi connectivity index (χ1v) is 7.41. The maximum atomic E-state index is 12.3. The highest BCUT2D eigenvalue weighted by atomic mass is 32.2. The molecule has 1 N–H and O–H groups in total. The molecule has 0 saturated heterocycles. The highest BCUT2D eigenvalue weighted by Crippen LogP contribution is 2.25. The Morgan fingerprint density at radius 3 is 2.57 bits per heavy atom. The summed E-state index contributed by atoms with van der Waals surface area (Å²) in [5, 5.41) is -0.0782. The molecule has 0 atom stereocenters. The minimum absolute atomic E-state index is 0.0782. The lowest BCUT2D eigenvalue weighted by molar-refractivity contribution is 0.380.